The Morgan fingerprint density at radius 3 is 2.53 bits per heavy atom. The van der Waals surface area contributed by atoms with Crippen molar-refractivity contribution in [3.05, 3.63) is 35.4 Å². The monoisotopic (exact) mass is 232 g/mol. The van der Waals surface area contributed by atoms with Crippen LogP contribution in [0.15, 0.2) is 24.3 Å². The summed E-state index contributed by atoms with van der Waals surface area (Å²) in [5.41, 5.74) is 1.08. The molecule has 0 radical (unpaired) electrons. The van der Waals surface area contributed by atoms with Gasteiger partial charge in [0.2, 0.25) is 0 Å². The van der Waals surface area contributed by atoms with E-state index in [1.165, 1.54) is 0 Å². The molecule has 1 unspecified atom stereocenters. The van der Waals surface area contributed by atoms with E-state index < -0.39 is 5.97 Å². The van der Waals surface area contributed by atoms with Gasteiger partial charge in [-0.3, -0.25) is 0 Å². The predicted molar refractivity (Wildman–Crippen MR) is 65.8 cm³/mol. The number of aliphatic hydroxyl groups is 1. The summed E-state index contributed by atoms with van der Waals surface area (Å²) in [4.78, 5) is 10.6. The number of carboxylic acids is 1. The van der Waals surface area contributed by atoms with E-state index >= 15 is 0 Å². The van der Waals surface area contributed by atoms with E-state index in [9.17, 15) is 4.79 Å². The number of carboxylic acid groups (broad SMARTS) is 1. The first-order valence-electron chi connectivity index (χ1n) is 5.60. The molecule has 0 saturated carbocycles. The second-order valence-electron chi connectivity index (χ2n) is 3.93. The van der Waals surface area contributed by atoms with Gasteiger partial charge in [-0.1, -0.05) is 11.8 Å². The molecule has 1 aromatic carbocycles. The SMILES string of the molecule is CC(O)CCCC#Cc1ccc(C(=O)O)cc1. The molecule has 0 bridgehead atoms. The summed E-state index contributed by atoms with van der Waals surface area (Å²) in [7, 11) is 0. The van der Waals surface area contributed by atoms with Crippen LogP contribution in [0.4, 0.5) is 0 Å². The predicted octanol–water partition coefficient (Wildman–Crippen LogP) is 2.29. The molecular formula is C14H16O3. The summed E-state index contributed by atoms with van der Waals surface area (Å²) < 4.78 is 0. The summed E-state index contributed by atoms with van der Waals surface area (Å²) in [5, 5.41) is 17.8. The molecule has 0 amide bonds. The van der Waals surface area contributed by atoms with Gasteiger partial charge in [0.1, 0.15) is 0 Å². The molecule has 90 valence electrons. The van der Waals surface area contributed by atoms with Gasteiger partial charge in [0, 0.05) is 12.0 Å². The van der Waals surface area contributed by atoms with Crippen LogP contribution in [-0.4, -0.2) is 22.3 Å². The molecule has 0 spiro atoms. The zero-order chi connectivity index (χ0) is 12.7. The fraction of sp³-hybridized carbons (Fsp3) is 0.357. The maximum atomic E-state index is 10.6. The molecule has 3 nitrogen and oxygen atoms in total. The zero-order valence-corrected chi connectivity index (χ0v) is 9.81. The van der Waals surface area contributed by atoms with E-state index in [-0.39, 0.29) is 11.7 Å². The molecule has 0 aliphatic rings. The highest BCUT2D eigenvalue weighted by atomic mass is 16.4. The van der Waals surface area contributed by atoms with E-state index in [1.807, 2.05) is 0 Å². The van der Waals surface area contributed by atoms with Gasteiger partial charge in [-0.2, -0.15) is 0 Å². The summed E-state index contributed by atoms with van der Waals surface area (Å²) >= 11 is 0. The van der Waals surface area contributed by atoms with E-state index in [0.717, 1.165) is 24.8 Å². The lowest BCUT2D eigenvalue weighted by molar-refractivity contribution is 0.0697. The van der Waals surface area contributed by atoms with Crippen molar-refractivity contribution in [3.63, 3.8) is 0 Å². The summed E-state index contributed by atoms with van der Waals surface area (Å²) in [5.74, 6) is 5.03. The molecular weight excluding hydrogens is 216 g/mol. The number of carbonyl (C=O) groups is 1. The van der Waals surface area contributed by atoms with Crippen LogP contribution in [0.3, 0.4) is 0 Å². The number of aromatic carboxylic acids is 1. The molecule has 0 fully saturated rings. The first-order valence-corrected chi connectivity index (χ1v) is 5.60. The second kappa shape index (κ2) is 6.72. The van der Waals surface area contributed by atoms with Crippen molar-refractivity contribution in [2.45, 2.75) is 32.3 Å². The van der Waals surface area contributed by atoms with Crippen LogP contribution in [0.1, 0.15) is 42.1 Å². The van der Waals surface area contributed by atoms with Crippen molar-refractivity contribution < 1.29 is 15.0 Å². The third-order valence-electron chi connectivity index (χ3n) is 2.29. The number of aliphatic hydroxyl groups excluding tert-OH is 1. The van der Waals surface area contributed by atoms with Crippen molar-refractivity contribution in [1.29, 1.82) is 0 Å². The Morgan fingerprint density at radius 1 is 1.35 bits per heavy atom. The fourth-order valence-electron chi connectivity index (χ4n) is 1.35. The van der Waals surface area contributed by atoms with Crippen molar-refractivity contribution >= 4 is 5.97 Å². The maximum Gasteiger partial charge on any atom is 0.335 e. The van der Waals surface area contributed by atoms with Crippen LogP contribution < -0.4 is 0 Å². The molecule has 0 aromatic heterocycles. The number of rotatable bonds is 4. The molecule has 0 aliphatic carbocycles. The highest BCUT2D eigenvalue weighted by molar-refractivity contribution is 5.87. The van der Waals surface area contributed by atoms with Gasteiger partial charge in [-0.25, -0.2) is 4.79 Å². The third-order valence-corrected chi connectivity index (χ3v) is 2.29. The quantitative estimate of drug-likeness (QED) is 0.618. The maximum absolute atomic E-state index is 10.6. The van der Waals surface area contributed by atoms with Gasteiger partial charge in [0.15, 0.2) is 0 Å². The Balaban J connectivity index is 2.46. The van der Waals surface area contributed by atoms with Crippen LogP contribution in [0.5, 0.6) is 0 Å². The zero-order valence-electron chi connectivity index (χ0n) is 9.81. The molecule has 0 saturated heterocycles. The topological polar surface area (TPSA) is 57.5 Å². The van der Waals surface area contributed by atoms with Gasteiger partial charge in [0.25, 0.3) is 0 Å². The minimum atomic E-state index is -0.929. The van der Waals surface area contributed by atoms with E-state index in [1.54, 1.807) is 31.2 Å². The molecule has 1 aromatic rings. The molecule has 17 heavy (non-hydrogen) atoms. The van der Waals surface area contributed by atoms with Gasteiger partial charge < -0.3 is 10.2 Å². The lowest BCUT2D eigenvalue weighted by Gasteiger charge is -1.98. The lowest BCUT2D eigenvalue weighted by atomic mass is 10.1. The van der Waals surface area contributed by atoms with Crippen LogP contribution in [0.2, 0.25) is 0 Å². The largest absolute Gasteiger partial charge is 0.478 e. The Hall–Kier alpha value is -1.79. The molecule has 1 rings (SSSR count). The van der Waals surface area contributed by atoms with E-state index in [0.29, 0.717) is 0 Å². The van der Waals surface area contributed by atoms with Gasteiger partial charge in [0.05, 0.1) is 11.7 Å². The number of benzene rings is 1. The highest BCUT2D eigenvalue weighted by Gasteiger charge is 1.99. The third kappa shape index (κ3) is 5.19. The molecule has 3 heteroatoms. The van der Waals surface area contributed by atoms with Crippen molar-refractivity contribution in [1.82, 2.24) is 0 Å². The van der Waals surface area contributed by atoms with Gasteiger partial charge >= 0.3 is 5.97 Å². The Labute approximate surface area is 101 Å². The minimum Gasteiger partial charge on any atom is -0.478 e. The standard InChI is InChI=1S/C14H16O3/c1-11(15)5-3-2-4-6-12-7-9-13(10-8-12)14(16)17/h7-11,15H,2-3,5H2,1H3,(H,16,17). The molecule has 2 N–H and O–H groups in total. The van der Waals surface area contributed by atoms with Crippen LogP contribution in [-0.2, 0) is 0 Å². The Bertz CT molecular complexity index is 421. The second-order valence-corrected chi connectivity index (χ2v) is 3.93. The number of hydrogen-bond acceptors (Lipinski definition) is 2. The van der Waals surface area contributed by atoms with Crippen LogP contribution in [0, 0.1) is 11.8 Å². The molecule has 1 atom stereocenters. The normalized spacial score (nSPS) is 11.4. The smallest absolute Gasteiger partial charge is 0.335 e. The van der Waals surface area contributed by atoms with E-state index in [2.05, 4.69) is 11.8 Å². The summed E-state index contributed by atoms with van der Waals surface area (Å²) in [6.45, 7) is 1.76. The van der Waals surface area contributed by atoms with Crippen molar-refractivity contribution in [3.8, 4) is 11.8 Å². The van der Waals surface area contributed by atoms with Crippen LogP contribution >= 0.6 is 0 Å². The lowest BCUT2D eigenvalue weighted by Crippen LogP contribution is -1.97. The average Bonchev–Trinajstić information content (AvgIpc) is 2.29. The number of hydrogen-bond donors (Lipinski definition) is 2. The summed E-state index contributed by atoms with van der Waals surface area (Å²) in [6, 6.07) is 6.49. The highest BCUT2D eigenvalue weighted by Crippen LogP contribution is 2.04. The van der Waals surface area contributed by atoms with E-state index in [4.69, 9.17) is 10.2 Å². The average molecular weight is 232 g/mol. The summed E-state index contributed by atoms with van der Waals surface area (Å²) in [6.07, 6.45) is 2.10. The van der Waals surface area contributed by atoms with Crippen molar-refractivity contribution in [2.75, 3.05) is 0 Å². The van der Waals surface area contributed by atoms with Crippen LogP contribution in [0.25, 0.3) is 0 Å². The minimum absolute atomic E-state index is 0.268. The van der Waals surface area contributed by atoms with Gasteiger partial charge in [-0.05, 0) is 44.0 Å². The molecule has 0 heterocycles. The molecule has 0 aliphatic heterocycles. The first-order chi connectivity index (χ1) is 8.09. The van der Waals surface area contributed by atoms with Crippen molar-refractivity contribution in [2.24, 2.45) is 0 Å². The number of unbranched alkanes of at least 4 members (excludes halogenated alkanes) is 1. The first kappa shape index (κ1) is 13.3. The van der Waals surface area contributed by atoms with Gasteiger partial charge in [-0.15, -0.1) is 0 Å². The Morgan fingerprint density at radius 2 is 2.00 bits per heavy atom. The fourth-order valence-corrected chi connectivity index (χ4v) is 1.35. The Kier molecular flexibility index (Phi) is 5.25.